The Morgan fingerprint density at radius 3 is 2.95 bits per heavy atom. The van der Waals surface area contributed by atoms with E-state index < -0.39 is 4.92 Å². The van der Waals surface area contributed by atoms with Crippen LogP contribution in [0, 0.1) is 10.1 Å². The summed E-state index contributed by atoms with van der Waals surface area (Å²) >= 11 is 0. The second-order valence-electron chi connectivity index (χ2n) is 3.63. The third-order valence-electron chi connectivity index (χ3n) is 2.37. The minimum atomic E-state index is -0.463. The Balaban J connectivity index is 2.12. The van der Waals surface area contributed by atoms with Gasteiger partial charge in [-0.05, 0) is 6.07 Å². The van der Waals surface area contributed by atoms with Crippen LogP contribution < -0.4 is 10.2 Å². The first-order valence-corrected chi connectivity index (χ1v) is 5.59. The highest BCUT2D eigenvalue weighted by Gasteiger charge is 2.09. The van der Waals surface area contributed by atoms with Gasteiger partial charge in [-0.3, -0.25) is 15.5 Å². The highest BCUT2D eigenvalue weighted by molar-refractivity contribution is 5.85. The molecule has 20 heavy (non-hydrogen) atoms. The zero-order valence-electron chi connectivity index (χ0n) is 10.6. The maximum absolute atomic E-state index is 10.8. The fourth-order valence-corrected chi connectivity index (χ4v) is 1.44. The predicted molar refractivity (Wildman–Crippen MR) is 72.9 cm³/mol. The average molecular weight is 273 g/mol. The topological polar surface area (TPSA) is 103 Å². The summed E-state index contributed by atoms with van der Waals surface area (Å²) in [5.41, 5.74) is 3.03. The van der Waals surface area contributed by atoms with E-state index in [1.54, 1.807) is 24.3 Å². The number of nitro groups is 1. The SMILES string of the molecule is COc1cc(N/N=C/c2ccccc2[N+](=O)[O-])ncn1. The predicted octanol–water partition coefficient (Wildman–Crippen LogP) is 1.84. The van der Waals surface area contributed by atoms with Crippen molar-refractivity contribution in [2.75, 3.05) is 12.5 Å². The van der Waals surface area contributed by atoms with E-state index in [4.69, 9.17) is 4.74 Å². The average Bonchev–Trinajstić information content (AvgIpc) is 2.48. The van der Waals surface area contributed by atoms with Crippen LogP contribution in [0.2, 0.25) is 0 Å². The molecule has 0 radical (unpaired) electrons. The molecule has 0 unspecified atom stereocenters. The van der Waals surface area contributed by atoms with Crippen molar-refractivity contribution in [3.8, 4) is 5.88 Å². The van der Waals surface area contributed by atoms with E-state index in [0.29, 0.717) is 17.3 Å². The number of nitro benzene ring substituents is 1. The lowest BCUT2D eigenvalue weighted by molar-refractivity contribution is -0.385. The van der Waals surface area contributed by atoms with Gasteiger partial charge in [-0.15, -0.1) is 0 Å². The van der Waals surface area contributed by atoms with Crippen LogP contribution >= 0.6 is 0 Å². The maximum Gasteiger partial charge on any atom is 0.278 e. The number of aromatic nitrogens is 2. The zero-order chi connectivity index (χ0) is 14.4. The van der Waals surface area contributed by atoms with Crippen molar-refractivity contribution in [3.63, 3.8) is 0 Å². The smallest absolute Gasteiger partial charge is 0.278 e. The van der Waals surface area contributed by atoms with Crippen LogP contribution in [0.5, 0.6) is 5.88 Å². The standard InChI is InChI=1S/C12H11N5O3/c1-20-12-6-11(13-8-14-12)16-15-7-9-4-2-3-5-10(9)17(18)19/h2-8H,1H3,(H,13,14,16)/b15-7+. The fraction of sp³-hybridized carbons (Fsp3) is 0.0833. The van der Waals surface area contributed by atoms with Crippen molar-refractivity contribution in [2.24, 2.45) is 5.10 Å². The molecule has 0 aliphatic carbocycles. The van der Waals surface area contributed by atoms with E-state index in [1.807, 2.05) is 0 Å². The summed E-state index contributed by atoms with van der Waals surface area (Å²) in [6.45, 7) is 0. The third kappa shape index (κ3) is 3.25. The van der Waals surface area contributed by atoms with Crippen LogP contribution in [0.4, 0.5) is 11.5 Å². The molecule has 0 fully saturated rings. The van der Waals surface area contributed by atoms with Crippen LogP contribution in [0.1, 0.15) is 5.56 Å². The lowest BCUT2D eigenvalue weighted by Gasteiger charge is -2.01. The number of nitrogens with zero attached hydrogens (tertiary/aromatic N) is 4. The molecule has 2 rings (SSSR count). The Morgan fingerprint density at radius 1 is 1.40 bits per heavy atom. The minimum Gasteiger partial charge on any atom is -0.481 e. The summed E-state index contributed by atoms with van der Waals surface area (Å²) in [5.74, 6) is 0.815. The molecule has 0 saturated carbocycles. The Bertz CT molecular complexity index is 644. The van der Waals surface area contributed by atoms with Gasteiger partial charge in [0.1, 0.15) is 6.33 Å². The molecular weight excluding hydrogens is 262 g/mol. The Hall–Kier alpha value is -3.03. The molecule has 0 atom stereocenters. The number of nitrogens with one attached hydrogen (secondary N) is 1. The molecule has 1 aromatic heterocycles. The number of para-hydroxylation sites is 1. The van der Waals surface area contributed by atoms with E-state index >= 15 is 0 Å². The summed E-state index contributed by atoms with van der Waals surface area (Å²) in [5, 5.41) is 14.7. The van der Waals surface area contributed by atoms with Crippen LogP contribution in [-0.4, -0.2) is 28.2 Å². The molecule has 0 aliphatic heterocycles. The van der Waals surface area contributed by atoms with Crippen molar-refractivity contribution in [2.45, 2.75) is 0 Å². The monoisotopic (exact) mass is 273 g/mol. The van der Waals surface area contributed by atoms with Crippen molar-refractivity contribution in [3.05, 3.63) is 52.3 Å². The van der Waals surface area contributed by atoms with Crippen molar-refractivity contribution in [1.82, 2.24) is 9.97 Å². The van der Waals surface area contributed by atoms with Crippen molar-refractivity contribution < 1.29 is 9.66 Å². The van der Waals surface area contributed by atoms with E-state index in [9.17, 15) is 10.1 Å². The van der Waals surface area contributed by atoms with Crippen LogP contribution in [0.15, 0.2) is 41.8 Å². The first-order valence-electron chi connectivity index (χ1n) is 5.59. The van der Waals surface area contributed by atoms with Gasteiger partial charge in [0.15, 0.2) is 5.82 Å². The third-order valence-corrected chi connectivity index (χ3v) is 2.37. The zero-order valence-corrected chi connectivity index (χ0v) is 10.6. The summed E-state index contributed by atoms with van der Waals surface area (Å²) < 4.78 is 4.94. The fourth-order valence-electron chi connectivity index (χ4n) is 1.44. The normalized spacial score (nSPS) is 10.4. The van der Waals surface area contributed by atoms with Gasteiger partial charge in [0.05, 0.1) is 23.8 Å². The molecule has 1 heterocycles. The lowest BCUT2D eigenvalue weighted by atomic mass is 10.2. The van der Waals surface area contributed by atoms with Gasteiger partial charge in [0, 0.05) is 12.1 Å². The molecule has 8 heteroatoms. The largest absolute Gasteiger partial charge is 0.481 e. The molecule has 0 spiro atoms. The maximum atomic E-state index is 10.8. The van der Waals surface area contributed by atoms with E-state index in [0.717, 1.165) is 0 Å². The molecule has 1 N–H and O–H groups in total. The molecule has 0 saturated heterocycles. The number of hydrogen-bond acceptors (Lipinski definition) is 7. The molecule has 8 nitrogen and oxygen atoms in total. The molecule has 0 amide bonds. The minimum absolute atomic E-state index is 0.0154. The van der Waals surface area contributed by atoms with Gasteiger partial charge in [0.2, 0.25) is 5.88 Å². The molecule has 0 bridgehead atoms. The van der Waals surface area contributed by atoms with Crippen LogP contribution in [-0.2, 0) is 0 Å². The number of anilines is 1. The lowest BCUT2D eigenvalue weighted by Crippen LogP contribution is -1.98. The molecular formula is C12H11N5O3. The Kier molecular flexibility index (Phi) is 4.17. The van der Waals surface area contributed by atoms with Crippen LogP contribution in [0.25, 0.3) is 0 Å². The van der Waals surface area contributed by atoms with Crippen molar-refractivity contribution in [1.29, 1.82) is 0 Å². The van der Waals surface area contributed by atoms with Gasteiger partial charge in [-0.2, -0.15) is 5.10 Å². The number of rotatable bonds is 5. The van der Waals surface area contributed by atoms with Gasteiger partial charge in [-0.1, -0.05) is 12.1 Å². The number of hydrazone groups is 1. The number of ether oxygens (including phenoxy) is 1. The van der Waals surface area contributed by atoms with E-state index in [1.165, 1.54) is 25.7 Å². The van der Waals surface area contributed by atoms with Gasteiger partial charge >= 0.3 is 0 Å². The Labute approximate surface area is 114 Å². The summed E-state index contributed by atoms with van der Waals surface area (Å²) in [4.78, 5) is 18.1. The number of hydrogen-bond donors (Lipinski definition) is 1. The van der Waals surface area contributed by atoms with Gasteiger partial charge in [0.25, 0.3) is 5.69 Å². The summed E-state index contributed by atoms with van der Waals surface area (Å²) in [6.07, 6.45) is 2.67. The molecule has 1 aromatic carbocycles. The Morgan fingerprint density at radius 2 is 2.20 bits per heavy atom. The number of benzene rings is 1. The van der Waals surface area contributed by atoms with E-state index in [-0.39, 0.29) is 5.69 Å². The highest BCUT2D eigenvalue weighted by Crippen LogP contribution is 2.15. The molecule has 102 valence electrons. The van der Waals surface area contributed by atoms with Crippen LogP contribution in [0.3, 0.4) is 0 Å². The second kappa shape index (κ2) is 6.23. The summed E-state index contributed by atoms with van der Waals surface area (Å²) in [6, 6.07) is 7.86. The number of methoxy groups -OCH3 is 1. The van der Waals surface area contributed by atoms with Gasteiger partial charge in [-0.25, -0.2) is 9.97 Å². The quantitative estimate of drug-likeness (QED) is 0.506. The first kappa shape index (κ1) is 13.4. The first-order chi connectivity index (χ1) is 9.70. The molecule has 2 aromatic rings. The van der Waals surface area contributed by atoms with Crippen molar-refractivity contribution >= 4 is 17.7 Å². The molecule has 0 aliphatic rings. The second-order valence-corrected chi connectivity index (χ2v) is 3.63. The van der Waals surface area contributed by atoms with E-state index in [2.05, 4.69) is 20.5 Å². The van der Waals surface area contributed by atoms with Gasteiger partial charge < -0.3 is 4.74 Å². The summed E-state index contributed by atoms with van der Waals surface area (Å²) in [7, 11) is 1.49. The highest BCUT2D eigenvalue weighted by atomic mass is 16.6.